The van der Waals surface area contributed by atoms with Crippen LogP contribution in [0.4, 0.5) is 5.95 Å². The zero-order chi connectivity index (χ0) is 22.0. The third kappa shape index (κ3) is 4.31. The monoisotopic (exact) mass is 464 g/mol. The molecule has 0 bridgehead atoms. The van der Waals surface area contributed by atoms with Crippen LogP contribution in [0.3, 0.4) is 0 Å². The number of imidazole rings is 1. The van der Waals surface area contributed by atoms with Crippen LogP contribution in [0.15, 0.2) is 83.2 Å². The fraction of sp³-hybridized carbons (Fsp3) is 0.0500. The number of para-hydroxylation sites is 2. The SMILES string of the molecule is O=S(=O)(Nc1ncccn1)c1ccc(-n2cc(CSc3nc4ccccc4[nH]3)nn2)cc1. The Kier molecular flexibility index (Phi) is 5.29. The van der Waals surface area contributed by atoms with Crippen LogP contribution in [0, 0.1) is 0 Å². The van der Waals surface area contributed by atoms with Gasteiger partial charge in [0.25, 0.3) is 10.0 Å². The van der Waals surface area contributed by atoms with E-state index in [4.69, 9.17) is 0 Å². The number of rotatable bonds is 7. The number of anilines is 1. The molecule has 0 aliphatic heterocycles. The van der Waals surface area contributed by atoms with E-state index in [0.717, 1.165) is 21.9 Å². The maximum Gasteiger partial charge on any atom is 0.264 e. The molecular formula is C20H16N8O2S2. The molecule has 0 saturated heterocycles. The fourth-order valence-electron chi connectivity index (χ4n) is 2.94. The number of benzene rings is 2. The summed E-state index contributed by atoms with van der Waals surface area (Å²) in [5.74, 6) is 0.604. The van der Waals surface area contributed by atoms with Gasteiger partial charge in [0.15, 0.2) is 5.16 Å². The van der Waals surface area contributed by atoms with Gasteiger partial charge in [-0.1, -0.05) is 29.1 Å². The van der Waals surface area contributed by atoms with Gasteiger partial charge in [-0.15, -0.1) is 5.10 Å². The Labute approximate surface area is 187 Å². The van der Waals surface area contributed by atoms with E-state index >= 15 is 0 Å². The predicted molar refractivity (Wildman–Crippen MR) is 120 cm³/mol. The first-order valence-electron chi connectivity index (χ1n) is 9.46. The molecule has 0 spiro atoms. The minimum absolute atomic E-state index is 0.0134. The lowest BCUT2D eigenvalue weighted by molar-refractivity contribution is 0.600. The maximum absolute atomic E-state index is 12.5. The molecule has 2 N–H and O–H groups in total. The second-order valence-corrected chi connectivity index (χ2v) is 9.32. The summed E-state index contributed by atoms with van der Waals surface area (Å²) in [5, 5.41) is 9.14. The van der Waals surface area contributed by atoms with Crippen molar-refractivity contribution in [2.24, 2.45) is 0 Å². The van der Waals surface area contributed by atoms with Crippen molar-refractivity contribution < 1.29 is 8.42 Å². The highest BCUT2D eigenvalue weighted by Gasteiger charge is 2.16. The summed E-state index contributed by atoms with van der Waals surface area (Å²) < 4.78 is 28.9. The number of H-pyrrole nitrogens is 1. The maximum atomic E-state index is 12.5. The van der Waals surface area contributed by atoms with Crippen molar-refractivity contribution in [3.8, 4) is 5.69 Å². The van der Waals surface area contributed by atoms with Gasteiger partial charge in [-0.2, -0.15) is 0 Å². The average Bonchev–Trinajstić information content (AvgIpc) is 3.45. The lowest BCUT2D eigenvalue weighted by Crippen LogP contribution is -2.14. The zero-order valence-electron chi connectivity index (χ0n) is 16.5. The average molecular weight is 465 g/mol. The van der Waals surface area contributed by atoms with E-state index in [9.17, 15) is 8.42 Å². The van der Waals surface area contributed by atoms with Crippen LogP contribution in [-0.2, 0) is 15.8 Å². The number of hydrogen-bond donors (Lipinski definition) is 2. The highest BCUT2D eigenvalue weighted by Crippen LogP contribution is 2.22. The van der Waals surface area contributed by atoms with E-state index < -0.39 is 10.0 Å². The van der Waals surface area contributed by atoms with Gasteiger partial charge in [0.1, 0.15) is 0 Å². The number of nitrogens with zero attached hydrogens (tertiary/aromatic N) is 6. The molecule has 160 valence electrons. The third-order valence-electron chi connectivity index (χ3n) is 4.47. The smallest absolute Gasteiger partial charge is 0.264 e. The van der Waals surface area contributed by atoms with E-state index in [2.05, 4.69) is 35.0 Å². The molecule has 5 rings (SSSR count). The summed E-state index contributed by atoms with van der Waals surface area (Å²) >= 11 is 1.53. The first-order valence-corrected chi connectivity index (χ1v) is 11.9. The highest BCUT2D eigenvalue weighted by molar-refractivity contribution is 7.98. The van der Waals surface area contributed by atoms with Gasteiger partial charge >= 0.3 is 0 Å². The van der Waals surface area contributed by atoms with Crippen molar-refractivity contribution in [1.29, 1.82) is 0 Å². The highest BCUT2D eigenvalue weighted by atomic mass is 32.2. The number of aromatic nitrogens is 7. The summed E-state index contributed by atoms with van der Waals surface area (Å²) in [4.78, 5) is 15.6. The number of thioether (sulfide) groups is 1. The second kappa shape index (κ2) is 8.40. The minimum atomic E-state index is -3.79. The quantitative estimate of drug-likeness (QED) is 0.351. The molecule has 32 heavy (non-hydrogen) atoms. The van der Waals surface area contributed by atoms with Gasteiger partial charge < -0.3 is 4.98 Å². The first-order chi connectivity index (χ1) is 15.6. The van der Waals surface area contributed by atoms with Gasteiger partial charge in [0, 0.05) is 18.1 Å². The van der Waals surface area contributed by atoms with Gasteiger partial charge in [0.05, 0.1) is 33.5 Å². The molecule has 0 fully saturated rings. The van der Waals surface area contributed by atoms with Crippen LogP contribution >= 0.6 is 11.8 Å². The van der Waals surface area contributed by atoms with Crippen molar-refractivity contribution in [1.82, 2.24) is 34.9 Å². The van der Waals surface area contributed by atoms with E-state index in [0.29, 0.717) is 11.4 Å². The second-order valence-electron chi connectivity index (χ2n) is 6.67. The van der Waals surface area contributed by atoms with Crippen molar-refractivity contribution in [2.45, 2.75) is 15.8 Å². The van der Waals surface area contributed by atoms with Gasteiger partial charge in [0.2, 0.25) is 5.95 Å². The topological polar surface area (TPSA) is 131 Å². The van der Waals surface area contributed by atoms with E-state index in [-0.39, 0.29) is 10.8 Å². The molecule has 0 aliphatic carbocycles. The number of sulfonamides is 1. The molecule has 3 aromatic heterocycles. The minimum Gasteiger partial charge on any atom is -0.333 e. The van der Waals surface area contributed by atoms with E-state index in [1.165, 1.54) is 36.3 Å². The fourth-order valence-corrected chi connectivity index (χ4v) is 4.66. The summed E-state index contributed by atoms with van der Waals surface area (Å²) in [5.41, 5.74) is 3.37. The number of hydrogen-bond acceptors (Lipinski definition) is 8. The Balaban J connectivity index is 1.26. The summed E-state index contributed by atoms with van der Waals surface area (Å²) in [6.07, 6.45) is 4.72. The van der Waals surface area contributed by atoms with E-state index in [1.807, 2.05) is 24.3 Å². The molecule has 0 saturated carbocycles. The molecule has 2 aromatic carbocycles. The Morgan fingerprint density at radius 3 is 2.56 bits per heavy atom. The Hall–Kier alpha value is -3.77. The lowest BCUT2D eigenvalue weighted by atomic mass is 10.3. The molecular weight excluding hydrogens is 448 g/mol. The van der Waals surface area contributed by atoms with Gasteiger partial charge in [-0.3, -0.25) is 0 Å². The molecule has 0 radical (unpaired) electrons. The zero-order valence-corrected chi connectivity index (χ0v) is 18.1. The normalized spacial score (nSPS) is 11.6. The molecule has 0 aliphatic rings. The predicted octanol–water partition coefficient (Wildman–Crippen LogP) is 3.03. The van der Waals surface area contributed by atoms with Gasteiger partial charge in [-0.25, -0.2) is 32.8 Å². The van der Waals surface area contributed by atoms with Crippen LogP contribution in [0.25, 0.3) is 16.7 Å². The molecule has 12 heteroatoms. The van der Waals surface area contributed by atoms with Crippen LogP contribution in [0.5, 0.6) is 0 Å². The van der Waals surface area contributed by atoms with E-state index in [1.54, 1.807) is 29.1 Å². The Morgan fingerprint density at radius 1 is 1.00 bits per heavy atom. The molecule has 0 atom stereocenters. The summed E-state index contributed by atoms with van der Waals surface area (Å²) in [7, 11) is -3.79. The van der Waals surface area contributed by atoms with Crippen molar-refractivity contribution in [2.75, 3.05) is 4.72 Å². The van der Waals surface area contributed by atoms with Gasteiger partial charge in [-0.05, 0) is 42.5 Å². The third-order valence-corrected chi connectivity index (χ3v) is 6.72. The number of nitrogens with one attached hydrogen (secondary N) is 2. The van der Waals surface area contributed by atoms with Crippen LogP contribution < -0.4 is 4.72 Å². The van der Waals surface area contributed by atoms with Crippen LogP contribution in [0.2, 0.25) is 0 Å². The van der Waals surface area contributed by atoms with Crippen LogP contribution in [0.1, 0.15) is 5.69 Å². The Bertz CT molecular complexity index is 1430. The van der Waals surface area contributed by atoms with Crippen molar-refractivity contribution in [3.05, 3.63) is 78.9 Å². The molecule has 0 amide bonds. The molecule has 5 aromatic rings. The first kappa shape index (κ1) is 20.2. The standard InChI is InChI=1S/C20H16N8O2S2/c29-32(30,26-19-21-10-3-11-22-19)16-8-6-15(7-9-16)28-12-14(25-27-28)13-31-20-23-17-4-1-2-5-18(17)24-20/h1-12H,13H2,(H,23,24)(H,21,22,26). The largest absolute Gasteiger partial charge is 0.333 e. The summed E-state index contributed by atoms with van der Waals surface area (Å²) in [6, 6.07) is 15.8. The lowest BCUT2D eigenvalue weighted by Gasteiger charge is -2.07. The molecule has 0 unspecified atom stereocenters. The number of aromatic amines is 1. The number of fused-ring (bicyclic) bond motifs is 1. The van der Waals surface area contributed by atoms with Crippen molar-refractivity contribution in [3.63, 3.8) is 0 Å². The van der Waals surface area contributed by atoms with Crippen LogP contribution in [-0.4, -0.2) is 43.3 Å². The molecule has 10 nitrogen and oxygen atoms in total. The Morgan fingerprint density at radius 2 is 1.78 bits per heavy atom. The summed E-state index contributed by atoms with van der Waals surface area (Å²) in [6.45, 7) is 0. The molecule has 3 heterocycles. The van der Waals surface area contributed by atoms with Crippen molar-refractivity contribution >= 4 is 38.8 Å².